The van der Waals surface area contributed by atoms with Gasteiger partial charge in [0.15, 0.2) is 6.10 Å². The Kier molecular flexibility index (Phi) is 8.76. The number of carbonyl (C=O) groups is 1. The summed E-state index contributed by atoms with van der Waals surface area (Å²) in [6.45, 7) is 1.15. The lowest BCUT2D eigenvalue weighted by Gasteiger charge is -2.33. The molecule has 0 spiro atoms. The van der Waals surface area contributed by atoms with Crippen molar-refractivity contribution in [2.24, 2.45) is 5.92 Å². The summed E-state index contributed by atoms with van der Waals surface area (Å²) in [6, 6.07) is 9.08. The molecule has 4 rings (SSSR count). The van der Waals surface area contributed by atoms with Crippen LogP contribution in [0.1, 0.15) is 69.8 Å². The van der Waals surface area contributed by atoms with Gasteiger partial charge in [-0.25, -0.2) is 4.79 Å². The van der Waals surface area contributed by atoms with Crippen LogP contribution in [-0.4, -0.2) is 42.0 Å². The third kappa shape index (κ3) is 6.32. The van der Waals surface area contributed by atoms with Gasteiger partial charge < -0.3 is 20.3 Å². The average Bonchev–Trinajstić information content (AvgIpc) is 2.80. The van der Waals surface area contributed by atoms with Crippen LogP contribution in [0.4, 0.5) is 0 Å². The first kappa shape index (κ1) is 22.8. The highest BCUT2D eigenvalue weighted by Crippen LogP contribution is 2.32. The summed E-state index contributed by atoms with van der Waals surface area (Å²) in [4.78, 5) is 10.3. The molecule has 166 valence electrons. The number of ether oxygens (including phenoxy) is 1. The first-order chi connectivity index (χ1) is 14.6. The molecule has 30 heavy (non-hydrogen) atoms. The van der Waals surface area contributed by atoms with E-state index in [1.807, 2.05) is 0 Å². The van der Waals surface area contributed by atoms with Gasteiger partial charge in [0.25, 0.3) is 0 Å². The summed E-state index contributed by atoms with van der Waals surface area (Å²) in [5.41, 5.74) is 4.87. The molecule has 5 heteroatoms. The zero-order valence-corrected chi connectivity index (χ0v) is 18.2. The van der Waals surface area contributed by atoms with Crippen molar-refractivity contribution in [1.82, 2.24) is 5.32 Å². The predicted molar refractivity (Wildman–Crippen MR) is 119 cm³/mol. The average molecular weight is 416 g/mol. The highest BCUT2D eigenvalue weighted by atomic mass is 16.5. The van der Waals surface area contributed by atoms with Crippen LogP contribution in [0, 0.1) is 5.92 Å². The third-order valence-electron chi connectivity index (χ3n) is 6.82. The fourth-order valence-corrected chi connectivity index (χ4v) is 5.06. The zero-order valence-electron chi connectivity index (χ0n) is 18.2. The van der Waals surface area contributed by atoms with Crippen molar-refractivity contribution in [2.45, 2.75) is 82.8 Å². The summed E-state index contributed by atoms with van der Waals surface area (Å²) in [5.74, 6) is -0.129. The van der Waals surface area contributed by atoms with E-state index in [9.17, 15) is 4.79 Å². The van der Waals surface area contributed by atoms with Gasteiger partial charge in [-0.15, -0.1) is 0 Å². The molecule has 0 aromatic heterocycles. The Morgan fingerprint density at radius 2 is 1.77 bits per heavy atom. The van der Waals surface area contributed by atoms with E-state index in [0.29, 0.717) is 6.04 Å². The van der Waals surface area contributed by atoms with E-state index in [-0.39, 0.29) is 5.92 Å². The summed E-state index contributed by atoms with van der Waals surface area (Å²) in [7, 11) is 1.72. The van der Waals surface area contributed by atoms with Crippen LogP contribution in [0.3, 0.4) is 0 Å². The van der Waals surface area contributed by atoms with Crippen molar-refractivity contribution in [2.75, 3.05) is 13.7 Å². The third-order valence-corrected chi connectivity index (χ3v) is 6.82. The monoisotopic (exact) mass is 415 g/mol. The Labute approximate surface area is 180 Å². The lowest BCUT2D eigenvalue weighted by atomic mass is 9.81. The van der Waals surface area contributed by atoms with Gasteiger partial charge in [-0.05, 0) is 81.5 Å². The molecule has 1 fully saturated rings. The number of benzene rings is 1. The largest absolute Gasteiger partial charge is 0.497 e. The van der Waals surface area contributed by atoms with E-state index in [1.54, 1.807) is 18.3 Å². The van der Waals surface area contributed by atoms with Crippen LogP contribution in [0.25, 0.3) is 0 Å². The van der Waals surface area contributed by atoms with E-state index < -0.39 is 12.1 Å². The smallest absolute Gasteiger partial charge is 0.332 e. The van der Waals surface area contributed by atoms with Gasteiger partial charge in [0.1, 0.15) is 5.75 Å². The molecular formula is C25H37NO4. The SMILES string of the molecule is COc1ccc(C[C@H]2NCCC3=C2CCCC3)cc1.O=C(O)C(O)C1CCCCC1. The number of aliphatic hydroxyl groups is 1. The normalized spacial score (nSPS) is 23.1. The molecule has 1 aromatic rings. The highest BCUT2D eigenvalue weighted by Gasteiger charge is 2.27. The van der Waals surface area contributed by atoms with Gasteiger partial charge in [-0.2, -0.15) is 0 Å². The Bertz CT molecular complexity index is 702. The fraction of sp³-hybridized carbons (Fsp3) is 0.640. The molecular weight excluding hydrogens is 378 g/mol. The minimum absolute atomic E-state index is 0.00116. The number of methoxy groups -OCH3 is 1. The molecule has 2 aliphatic carbocycles. The fourth-order valence-electron chi connectivity index (χ4n) is 5.06. The quantitative estimate of drug-likeness (QED) is 0.618. The highest BCUT2D eigenvalue weighted by molar-refractivity contribution is 5.72. The summed E-state index contributed by atoms with van der Waals surface area (Å²) in [5, 5.41) is 21.3. The molecule has 2 atom stereocenters. The molecule has 1 heterocycles. The number of rotatable bonds is 5. The number of carboxylic acids is 1. The van der Waals surface area contributed by atoms with E-state index in [4.69, 9.17) is 14.9 Å². The lowest BCUT2D eigenvalue weighted by molar-refractivity contribution is -0.150. The molecule has 1 unspecified atom stereocenters. The van der Waals surface area contributed by atoms with Crippen molar-refractivity contribution in [1.29, 1.82) is 0 Å². The minimum Gasteiger partial charge on any atom is -0.497 e. The zero-order chi connectivity index (χ0) is 21.3. The van der Waals surface area contributed by atoms with Crippen LogP contribution in [0.5, 0.6) is 5.75 Å². The van der Waals surface area contributed by atoms with Crippen molar-refractivity contribution < 1.29 is 19.7 Å². The second-order valence-electron chi connectivity index (χ2n) is 8.83. The number of hydrogen-bond acceptors (Lipinski definition) is 4. The molecule has 0 radical (unpaired) electrons. The van der Waals surface area contributed by atoms with Crippen LogP contribution in [0.2, 0.25) is 0 Å². The molecule has 0 bridgehead atoms. The lowest BCUT2D eigenvalue weighted by Crippen LogP contribution is -2.39. The number of carboxylic acid groups (broad SMARTS) is 1. The van der Waals surface area contributed by atoms with Crippen LogP contribution in [-0.2, 0) is 11.2 Å². The molecule has 1 saturated carbocycles. The topological polar surface area (TPSA) is 78.8 Å². The maximum atomic E-state index is 10.3. The van der Waals surface area contributed by atoms with E-state index in [2.05, 4.69) is 29.6 Å². The Morgan fingerprint density at radius 3 is 2.43 bits per heavy atom. The van der Waals surface area contributed by atoms with E-state index in [1.165, 1.54) is 44.1 Å². The molecule has 1 aliphatic heterocycles. The van der Waals surface area contributed by atoms with Crippen LogP contribution < -0.4 is 10.1 Å². The van der Waals surface area contributed by atoms with Gasteiger partial charge in [0.05, 0.1) is 7.11 Å². The van der Waals surface area contributed by atoms with Gasteiger partial charge in [0.2, 0.25) is 0 Å². The number of hydrogen-bond donors (Lipinski definition) is 3. The summed E-state index contributed by atoms with van der Waals surface area (Å²) >= 11 is 0. The Hall–Kier alpha value is -1.85. The summed E-state index contributed by atoms with van der Waals surface area (Å²) in [6.07, 6.45) is 11.7. The number of aliphatic hydroxyl groups excluding tert-OH is 1. The molecule has 0 amide bonds. The van der Waals surface area contributed by atoms with Crippen molar-refractivity contribution >= 4 is 5.97 Å². The van der Waals surface area contributed by atoms with Crippen molar-refractivity contribution in [3.8, 4) is 5.75 Å². The first-order valence-corrected chi connectivity index (χ1v) is 11.6. The second kappa shape index (κ2) is 11.5. The van der Waals surface area contributed by atoms with Crippen molar-refractivity contribution in [3.63, 3.8) is 0 Å². The number of nitrogens with one attached hydrogen (secondary N) is 1. The van der Waals surface area contributed by atoms with Gasteiger partial charge in [0, 0.05) is 6.04 Å². The molecule has 3 aliphatic rings. The second-order valence-corrected chi connectivity index (χ2v) is 8.83. The first-order valence-electron chi connectivity index (χ1n) is 11.6. The predicted octanol–water partition coefficient (Wildman–Crippen LogP) is 4.48. The maximum absolute atomic E-state index is 10.3. The standard InChI is InChI=1S/C17H23NO.C8H14O3/c1-19-15-8-6-13(7-9-15)12-17-16-5-3-2-4-14(16)10-11-18-17;9-7(8(10)11)6-4-2-1-3-5-6/h6-9,17-18H,2-5,10-12H2,1H3;6-7,9H,1-5H2,(H,10,11)/t17-;/m1./s1. The Morgan fingerprint density at radius 1 is 1.07 bits per heavy atom. The van der Waals surface area contributed by atoms with Crippen molar-refractivity contribution in [3.05, 3.63) is 41.0 Å². The van der Waals surface area contributed by atoms with E-state index >= 15 is 0 Å². The van der Waals surface area contributed by atoms with Crippen LogP contribution in [0.15, 0.2) is 35.4 Å². The summed E-state index contributed by atoms with van der Waals surface area (Å²) < 4.78 is 5.22. The van der Waals surface area contributed by atoms with Crippen LogP contribution >= 0.6 is 0 Å². The molecule has 1 aromatic carbocycles. The molecule has 0 saturated heterocycles. The van der Waals surface area contributed by atoms with E-state index in [0.717, 1.165) is 44.4 Å². The van der Waals surface area contributed by atoms with Gasteiger partial charge in [-0.3, -0.25) is 0 Å². The number of aliphatic carboxylic acids is 1. The van der Waals surface area contributed by atoms with Gasteiger partial charge >= 0.3 is 5.97 Å². The Balaban J connectivity index is 0.000000199. The minimum atomic E-state index is -1.13. The maximum Gasteiger partial charge on any atom is 0.332 e. The van der Waals surface area contributed by atoms with Gasteiger partial charge in [-0.1, -0.05) is 42.5 Å². The molecule has 5 nitrogen and oxygen atoms in total. The molecule has 3 N–H and O–H groups in total.